The van der Waals surface area contributed by atoms with E-state index in [0.717, 1.165) is 6.26 Å². The van der Waals surface area contributed by atoms with Crippen LogP contribution in [0.25, 0.3) is 11.1 Å². The molecule has 0 spiro atoms. The van der Waals surface area contributed by atoms with E-state index in [0.29, 0.717) is 16.1 Å². The Morgan fingerprint density at radius 1 is 1.31 bits per heavy atom. The third-order valence-corrected chi connectivity index (χ3v) is 6.77. The first-order valence-electron chi connectivity index (χ1n) is 7.69. The Morgan fingerprint density at radius 2 is 1.96 bits per heavy atom. The van der Waals surface area contributed by atoms with Gasteiger partial charge in [0.05, 0.1) is 0 Å². The van der Waals surface area contributed by atoms with Crippen molar-refractivity contribution in [2.75, 3.05) is 6.26 Å². The van der Waals surface area contributed by atoms with Gasteiger partial charge in [0.25, 0.3) is 11.5 Å². The molecule has 7 nitrogen and oxygen atoms in total. The Kier molecular flexibility index (Phi) is 5.90. The second kappa shape index (κ2) is 7.61. The normalized spacial score (nSPS) is 13.8. The maximum Gasteiger partial charge on any atom is 0.264 e. The molecule has 140 valence electrons. The van der Waals surface area contributed by atoms with Gasteiger partial charge in [-0.05, 0) is 31.0 Å². The number of benzene rings is 1. The number of carbonyl (C=O) groups is 1. The number of nitrogens with zero attached hydrogens (tertiary/aromatic N) is 1. The first-order chi connectivity index (χ1) is 12.1. The molecule has 1 amide bonds. The number of nitrogens with one attached hydrogen (secondary N) is 1. The van der Waals surface area contributed by atoms with Gasteiger partial charge in [0, 0.05) is 35.6 Å². The van der Waals surface area contributed by atoms with E-state index in [1.807, 2.05) is 0 Å². The molecule has 0 aliphatic heterocycles. The summed E-state index contributed by atoms with van der Waals surface area (Å²) in [4.78, 5) is 24.2. The zero-order chi connectivity index (χ0) is 19.5. The van der Waals surface area contributed by atoms with Crippen molar-refractivity contribution in [3.63, 3.8) is 0 Å². The predicted octanol–water partition coefficient (Wildman–Crippen LogP) is 1.87. The molecular formula is C17H19ClN2O5S. The molecule has 1 aromatic carbocycles. The van der Waals surface area contributed by atoms with Crippen LogP contribution in [0.4, 0.5) is 0 Å². The standard InChI is InChI=1S/C17H19ClN2O5S/c1-17(16(22)19-23,26(2,24)25)8-10-20-9-7-12(11-15(20)21)13-5-3-4-6-14(13)18/h3-7,9,11,23H,8,10H2,1-2H3,(H,19,22)/t17-/m1/s1. The number of pyridine rings is 1. The first kappa shape index (κ1) is 20.2. The fourth-order valence-corrected chi connectivity index (χ4v) is 3.56. The molecule has 1 aromatic heterocycles. The molecule has 26 heavy (non-hydrogen) atoms. The first-order valence-corrected chi connectivity index (χ1v) is 9.96. The number of hydroxylamine groups is 1. The number of hydrogen-bond acceptors (Lipinski definition) is 5. The average molecular weight is 399 g/mol. The number of halogens is 1. The fraction of sp³-hybridized carbons (Fsp3) is 0.294. The van der Waals surface area contributed by atoms with E-state index < -0.39 is 20.5 Å². The van der Waals surface area contributed by atoms with Crippen LogP contribution in [0.3, 0.4) is 0 Å². The highest BCUT2D eigenvalue weighted by atomic mass is 35.5. The summed E-state index contributed by atoms with van der Waals surface area (Å²) < 4.78 is 23.4. The van der Waals surface area contributed by atoms with Crippen molar-refractivity contribution in [2.45, 2.75) is 24.6 Å². The van der Waals surface area contributed by atoms with E-state index in [-0.39, 0.29) is 18.5 Å². The minimum Gasteiger partial charge on any atom is -0.315 e. The highest BCUT2D eigenvalue weighted by Crippen LogP contribution is 2.26. The Bertz CT molecular complexity index is 987. The number of aryl methyl sites for hydroxylation is 1. The summed E-state index contributed by atoms with van der Waals surface area (Å²) in [6, 6.07) is 10.2. The van der Waals surface area contributed by atoms with Crippen molar-refractivity contribution < 1.29 is 18.4 Å². The van der Waals surface area contributed by atoms with Crippen molar-refractivity contribution in [3.8, 4) is 11.1 Å². The molecule has 2 N–H and O–H groups in total. The quantitative estimate of drug-likeness (QED) is 0.570. The summed E-state index contributed by atoms with van der Waals surface area (Å²) in [5.41, 5.74) is 2.36. The maximum absolute atomic E-state index is 12.4. The summed E-state index contributed by atoms with van der Waals surface area (Å²) in [5.74, 6) is -1.04. The Hall–Kier alpha value is -2.16. The molecule has 0 aliphatic rings. The van der Waals surface area contributed by atoms with Crippen LogP contribution in [0, 0.1) is 0 Å². The molecular weight excluding hydrogens is 380 g/mol. The molecule has 0 aliphatic carbocycles. The van der Waals surface area contributed by atoms with Gasteiger partial charge in [-0.25, -0.2) is 13.9 Å². The Morgan fingerprint density at radius 3 is 2.50 bits per heavy atom. The number of amides is 1. The summed E-state index contributed by atoms with van der Waals surface area (Å²) in [7, 11) is -3.82. The molecule has 1 heterocycles. The fourth-order valence-electron chi connectivity index (χ4n) is 2.47. The Labute approximate surface area is 156 Å². The van der Waals surface area contributed by atoms with Crippen LogP contribution in [0.5, 0.6) is 0 Å². The zero-order valence-electron chi connectivity index (χ0n) is 14.3. The van der Waals surface area contributed by atoms with Gasteiger partial charge < -0.3 is 4.57 Å². The number of carbonyl (C=O) groups excluding carboxylic acids is 1. The average Bonchev–Trinajstić information content (AvgIpc) is 2.59. The molecule has 0 bridgehead atoms. The highest BCUT2D eigenvalue weighted by molar-refractivity contribution is 7.92. The molecule has 1 atom stereocenters. The van der Waals surface area contributed by atoms with E-state index in [2.05, 4.69) is 0 Å². The van der Waals surface area contributed by atoms with Crippen molar-refractivity contribution in [1.82, 2.24) is 10.0 Å². The SMILES string of the molecule is C[C@@](CCn1ccc(-c2ccccc2Cl)cc1=O)(C(=O)NO)S(C)(=O)=O. The van der Waals surface area contributed by atoms with Crippen LogP contribution >= 0.6 is 11.6 Å². The lowest BCUT2D eigenvalue weighted by Crippen LogP contribution is -2.49. The third kappa shape index (κ3) is 3.98. The van der Waals surface area contributed by atoms with Crippen molar-refractivity contribution in [3.05, 3.63) is 58.0 Å². The summed E-state index contributed by atoms with van der Waals surface area (Å²) in [5, 5.41) is 9.34. The van der Waals surface area contributed by atoms with Gasteiger partial charge in [0.15, 0.2) is 14.6 Å². The lowest BCUT2D eigenvalue weighted by Gasteiger charge is -2.25. The van der Waals surface area contributed by atoms with Crippen LogP contribution in [0.15, 0.2) is 47.4 Å². The second-order valence-electron chi connectivity index (χ2n) is 6.12. The molecule has 9 heteroatoms. The van der Waals surface area contributed by atoms with Crippen molar-refractivity contribution in [1.29, 1.82) is 0 Å². The van der Waals surface area contributed by atoms with Crippen molar-refractivity contribution >= 4 is 27.3 Å². The van der Waals surface area contributed by atoms with Gasteiger partial charge in [0.2, 0.25) is 0 Å². The highest BCUT2D eigenvalue weighted by Gasteiger charge is 2.43. The van der Waals surface area contributed by atoms with Gasteiger partial charge in [-0.3, -0.25) is 14.8 Å². The largest absolute Gasteiger partial charge is 0.315 e. The van der Waals surface area contributed by atoms with Crippen molar-refractivity contribution in [2.24, 2.45) is 0 Å². The minimum atomic E-state index is -3.82. The van der Waals surface area contributed by atoms with Crippen LogP contribution < -0.4 is 11.0 Å². The van der Waals surface area contributed by atoms with E-state index in [1.165, 1.54) is 29.2 Å². The minimum absolute atomic E-state index is 0.0153. The monoisotopic (exact) mass is 398 g/mol. The second-order valence-corrected chi connectivity index (χ2v) is 8.97. The third-order valence-electron chi connectivity index (χ3n) is 4.41. The summed E-state index contributed by atoms with van der Waals surface area (Å²) in [6.07, 6.45) is 2.25. The molecule has 0 radical (unpaired) electrons. The van der Waals surface area contributed by atoms with Gasteiger partial charge in [-0.2, -0.15) is 0 Å². The smallest absolute Gasteiger partial charge is 0.264 e. The number of sulfone groups is 1. The summed E-state index contributed by atoms with van der Waals surface area (Å²) in [6.45, 7) is 1.19. The lowest BCUT2D eigenvalue weighted by molar-refractivity contribution is -0.131. The molecule has 0 saturated carbocycles. The van der Waals surface area contributed by atoms with E-state index in [9.17, 15) is 18.0 Å². The lowest BCUT2D eigenvalue weighted by atomic mass is 10.1. The number of rotatable bonds is 6. The topological polar surface area (TPSA) is 105 Å². The number of aromatic nitrogens is 1. The predicted molar refractivity (Wildman–Crippen MR) is 98.9 cm³/mol. The summed E-state index contributed by atoms with van der Waals surface area (Å²) >= 11 is 6.13. The molecule has 0 fully saturated rings. The molecule has 2 aromatic rings. The molecule has 0 saturated heterocycles. The van der Waals surface area contributed by atoms with Gasteiger partial charge in [-0.15, -0.1) is 0 Å². The molecule has 0 unspecified atom stereocenters. The van der Waals surface area contributed by atoms with Crippen LogP contribution in [0.2, 0.25) is 5.02 Å². The van der Waals surface area contributed by atoms with Gasteiger partial charge in [0.1, 0.15) is 0 Å². The Balaban J connectivity index is 2.30. The van der Waals surface area contributed by atoms with Crippen LogP contribution in [-0.2, 0) is 21.2 Å². The van der Waals surface area contributed by atoms with E-state index >= 15 is 0 Å². The van der Waals surface area contributed by atoms with Crippen LogP contribution in [0.1, 0.15) is 13.3 Å². The van der Waals surface area contributed by atoms with E-state index in [4.69, 9.17) is 16.8 Å². The van der Waals surface area contributed by atoms with Gasteiger partial charge in [-0.1, -0.05) is 29.8 Å². The maximum atomic E-state index is 12.4. The van der Waals surface area contributed by atoms with Gasteiger partial charge >= 0.3 is 0 Å². The molecule has 2 rings (SSSR count). The van der Waals surface area contributed by atoms with E-state index in [1.54, 1.807) is 30.3 Å². The van der Waals surface area contributed by atoms with Crippen LogP contribution in [-0.4, -0.2) is 35.1 Å². The number of hydrogen-bond donors (Lipinski definition) is 2. The zero-order valence-corrected chi connectivity index (χ0v) is 15.8.